The van der Waals surface area contributed by atoms with Crippen LogP contribution < -0.4 is 5.32 Å². The van der Waals surface area contributed by atoms with Crippen molar-refractivity contribution in [3.8, 4) is 11.3 Å². The van der Waals surface area contributed by atoms with Crippen molar-refractivity contribution in [3.05, 3.63) is 64.2 Å². The zero-order valence-electron chi connectivity index (χ0n) is 18.6. The topological polar surface area (TPSA) is 80.4 Å². The first-order valence-corrected chi connectivity index (χ1v) is 11.3. The van der Waals surface area contributed by atoms with E-state index in [4.69, 9.17) is 9.52 Å². The van der Waals surface area contributed by atoms with Crippen molar-refractivity contribution in [3.63, 3.8) is 0 Å². The van der Waals surface area contributed by atoms with Crippen molar-refractivity contribution in [2.24, 2.45) is 0 Å². The van der Waals surface area contributed by atoms with Crippen molar-refractivity contribution in [2.75, 3.05) is 13.1 Å². The van der Waals surface area contributed by atoms with Crippen LogP contribution >= 0.6 is 0 Å². The molecule has 0 unspecified atom stereocenters. The van der Waals surface area contributed by atoms with Gasteiger partial charge in [-0.3, -0.25) is 14.3 Å². The van der Waals surface area contributed by atoms with Crippen molar-refractivity contribution >= 4 is 11.8 Å². The lowest BCUT2D eigenvalue weighted by Gasteiger charge is -2.13. The normalized spacial score (nSPS) is 14.9. The summed E-state index contributed by atoms with van der Waals surface area (Å²) in [7, 11) is 0. The van der Waals surface area contributed by atoms with Crippen LogP contribution in [0, 0.1) is 13.8 Å². The number of rotatable bonds is 5. The monoisotopic (exact) mass is 432 g/mol. The van der Waals surface area contributed by atoms with E-state index in [1.807, 2.05) is 49.2 Å². The Kier molecular flexibility index (Phi) is 5.33. The van der Waals surface area contributed by atoms with Gasteiger partial charge in [-0.25, -0.2) is 0 Å². The summed E-state index contributed by atoms with van der Waals surface area (Å²) >= 11 is 0. The maximum Gasteiger partial charge on any atom is 0.289 e. The fourth-order valence-corrected chi connectivity index (χ4v) is 4.62. The zero-order chi connectivity index (χ0) is 22.2. The van der Waals surface area contributed by atoms with Gasteiger partial charge in [-0.2, -0.15) is 5.10 Å². The molecule has 0 spiro atoms. The number of nitrogens with zero attached hydrogens (tertiary/aromatic N) is 3. The number of nitrogens with one attached hydrogen (secondary N) is 1. The van der Waals surface area contributed by atoms with Gasteiger partial charge in [-0.15, -0.1) is 0 Å². The Morgan fingerprint density at radius 1 is 1.09 bits per heavy atom. The van der Waals surface area contributed by atoms with Crippen molar-refractivity contribution in [1.29, 1.82) is 0 Å². The third-order valence-electron chi connectivity index (χ3n) is 6.42. The van der Waals surface area contributed by atoms with Gasteiger partial charge in [0.2, 0.25) is 5.91 Å². The lowest BCUT2D eigenvalue weighted by molar-refractivity contribution is -0.122. The molecule has 1 fully saturated rings. The Bertz CT molecular complexity index is 1170. The SMILES string of the molecule is Cc1ccc(CNC(=O)Cn2cc3c(n2)-c2c(oc(C(=O)N4CCCC4)c2C)CC3)cc1. The second-order valence-corrected chi connectivity index (χ2v) is 8.82. The minimum atomic E-state index is -0.0838. The molecule has 166 valence electrons. The number of aromatic nitrogens is 2. The number of hydrogen-bond donors (Lipinski definition) is 1. The molecule has 7 nitrogen and oxygen atoms in total. The van der Waals surface area contributed by atoms with Crippen LogP contribution in [0.5, 0.6) is 0 Å². The summed E-state index contributed by atoms with van der Waals surface area (Å²) in [4.78, 5) is 27.3. The standard InChI is InChI=1S/C25H28N4O3/c1-16-5-7-18(8-6-16)13-26-21(30)15-29-14-19-9-10-20-22(23(19)27-29)17(2)24(32-20)25(31)28-11-3-4-12-28/h5-8,14H,3-4,9-13,15H2,1-2H3,(H,26,30). The number of carbonyl (C=O) groups is 2. The largest absolute Gasteiger partial charge is 0.455 e. The molecule has 2 amide bonds. The second kappa shape index (κ2) is 8.30. The van der Waals surface area contributed by atoms with E-state index in [-0.39, 0.29) is 18.4 Å². The number of aryl methyl sites for hydroxylation is 3. The number of fused-ring (bicyclic) bond motifs is 3. The van der Waals surface area contributed by atoms with E-state index in [1.54, 1.807) is 4.68 Å². The Morgan fingerprint density at radius 3 is 2.59 bits per heavy atom. The quantitative estimate of drug-likeness (QED) is 0.670. The Balaban J connectivity index is 1.31. The minimum absolute atomic E-state index is 0.0223. The highest BCUT2D eigenvalue weighted by molar-refractivity contribution is 5.95. The molecule has 1 aromatic carbocycles. The molecule has 3 heterocycles. The van der Waals surface area contributed by atoms with Crippen molar-refractivity contribution < 1.29 is 14.0 Å². The van der Waals surface area contributed by atoms with Gasteiger partial charge in [-0.1, -0.05) is 29.8 Å². The second-order valence-electron chi connectivity index (χ2n) is 8.82. The molecule has 1 aliphatic heterocycles. The third kappa shape index (κ3) is 3.83. The van der Waals surface area contributed by atoms with Crippen LogP contribution in [0.4, 0.5) is 0 Å². The first kappa shape index (κ1) is 20.5. The number of hydrogen-bond acceptors (Lipinski definition) is 4. The molecule has 32 heavy (non-hydrogen) atoms. The Hall–Kier alpha value is -3.35. The van der Waals surface area contributed by atoms with Crippen LogP contribution in [0.3, 0.4) is 0 Å². The predicted molar refractivity (Wildman–Crippen MR) is 120 cm³/mol. The summed E-state index contributed by atoms with van der Waals surface area (Å²) in [6.07, 6.45) is 5.56. The summed E-state index contributed by atoms with van der Waals surface area (Å²) < 4.78 is 7.73. The molecule has 2 aliphatic rings. The lowest BCUT2D eigenvalue weighted by atomic mass is 9.93. The molecule has 3 aromatic rings. The van der Waals surface area contributed by atoms with Gasteiger partial charge in [-0.05, 0) is 44.2 Å². The smallest absolute Gasteiger partial charge is 0.289 e. The molecule has 0 atom stereocenters. The molecule has 0 saturated carbocycles. The number of carbonyl (C=O) groups excluding carboxylic acids is 2. The van der Waals surface area contributed by atoms with E-state index in [0.717, 1.165) is 72.5 Å². The van der Waals surface area contributed by atoms with Gasteiger partial charge >= 0.3 is 0 Å². The molecule has 0 bridgehead atoms. The molecule has 5 rings (SSSR count). The highest BCUT2D eigenvalue weighted by Gasteiger charge is 2.32. The highest BCUT2D eigenvalue weighted by atomic mass is 16.4. The molecular formula is C25H28N4O3. The van der Waals surface area contributed by atoms with E-state index in [1.165, 1.54) is 5.56 Å². The number of benzene rings is 1. The maximum atomic E-state index is 12.9. The van der Waals surface area contributed by atoms with Gasteiger partial charge in [0.25, 0.3) is 5.91 Å². The molecule has 1 N–H and O–H groups in total. The summed E-state index contributed by atoms with van der Waals surface area (Å²) in [5.74, 6) is 1.16. The average molecular weight is 433 g/mol. The van der Waals surface area contributed by atoms with Gasteiger partial charge in [0.15, 0.2) is 5.76 Å². The van der Waals surface area contributed by atoms with E-state index in [0.29, 0.717) is 12.3 Å². The summed E-state index contributed by atoms with van der Waals surface area (Å²) in [5, 5.41) is 7.66. The van der Waals surface area contributed by atoms with E-state index >= 15 is 0 Å². The van der Waals surface area contributed by atoms with Crippen LogP contribution in [0.25, 0.3) is 11.3 Å². The summed E-state index contributed by atoms with van der Waals surface area (Å²) in [6.45, 7) is 6.22. The number of likely N-dealkylation sites (tertiary alicyclic amines) is 1. The average Bonchev–Trinajstić information content (AvgIpc) is 3.51. The van der Waals surface area contributed by atoms with Crippen LogP contribution in [-0.2, 0) is 30.7 Å². The fourth-order valence-electron chi connectivity index (χ4n) is 4.62. The Morgan fingerprint density at radius 2 is 1.84 bits per heavy atom. The predicted octanol–water partition coefficient (Wildman–Crippen LogP) is 3.41. The number of amides is 2. The molecule has 7 heteroatoms. The summed E-state index contributed by atoms with van der Waals surface area (Å²) in [6, 6.07) is 8.12. The first-order chi connectivity index (χ1) is 15.5. The van der Waals surface area contributed by atoms with Crippen LogP contribution in [-0.4, -0.2) is 39.6 Å². The van der Waals surface area contributed by atoms with Gasteiger partial charge in [0, 0.05) is 43.4 Å². The van der Waals surface area contributed by atoms with E-state index in [2.05, 4.69) is 5.32 Å². The van der Waals surface area contributed by atoms with Crippen LogP contribution in [0.15, 0.2) is 34.9 Å². The van der Waals surface area contributed by atoms with Crippen molar-refractivity contribution in [1.82, 2.24) is 20.0 Å². The van der Waals surface area contributed by atoms with Gasteiger partial charge in [0.05, 0.1) is 5.69 Å². The van der Waals surface area contributed by atoms with E-state index in [9.17, 15) is 9.59 Å². The fraction of sp³-hybridized carbons (Fsp3) is 0.400. The third-order valence-corrected chi connectivity index (χ3v) is 6.42. The van der Waals surface area contributed by atoms with E-state index < -0.39 is 0 Å². The number of furan rings is 1. The molecule has 2 aromatic heterocycles. The lowest BCUT2D eigenvalue weighted by Crippen LogP contribution is -2.27. The summed E-state index contributed by atoms with van der Waals surface area (Å²) in [5.41, 5.74) is 5.96. The van der Waals surface area contributed by atoms with Crippen LogP contribution in [0.1, 0.15) is 51.4 Å². The Labute approximate surface area is 187 Å². The van der Waals surface area contributed by atoms with Gasteiger partial charge in [0.1, 0.15) is 12.3 Å². The van der Waals surface area contributed by atoms with Crippen LogP contribution in [0.2, 0.25) is 0 Å². The van der Waals surface area contributed by atoms with Crippen molar-refractivity contribution in [2.45, 2.75) is 52.6 Å². The molecular weight excluding hydrogens is 404 g/mol. The maximum absolute atomic E-state index is 12.9. The van der Waals surface area contributed by atoms with Gasteiger partial charge < -0.3 is 14.6 Å². The highest BCUT2D eigenvalue weighted by Crippen LogP contribution is 2.38. The minimum Gasteiger partial charge on any atom is -0.455 e. The molecule has 1 aliphatic carbocycles. The first-order valence-electron chi connectivity index (χ1n) is 11.3. The zero-order valence-corrected chi connectivity index (χ0v) is 18.6. The molecule has 0 radical (unpaired) electrons. The molecule has 1 saturated heterocycles.